The topological polar surface area (TPSA) is 69.7 Å². The Hall–Kier alpha value is -2.38. The molecule has 31 heavy (non-hydrogen) atoms. The summed E-state index contributed by atoms with van der Waals surface area (Å²) in [6.45, 7) is 5.39. The zero-order chi connectivity index (χ0) is 22.3. The van der Waals surface area contributed by atoms with Gasteiger partial charge < -0.3 is 5.32 Å². The first-order valence-corrected chi connectivity index (χ1v) is 12.8. The highest BCUT2D eigenvalue weighted by molar-refractivity contribution is 7.92. The quantitative estimate of drug-likeness (QED) is 0.646. The van der Waals surface area contributed by atoms with Crippen LogP contribution in [0.3, 0.4) is 0 Å². The van der Waals surface area contributed by atoms with Crippen LogP contribution in [0, 0.1) is 0 Å². The highest BCUT2D eigenvalue weighted by Crippen LogP contribution is 2.23. The van der Waals surface area contributed by atoms with E-state index in [0.717, 1.165) is 37.0 Å². The Morgan fingerprint density at radius 3 is 2.29 bits per heavy atom. The summed E-state index contributed by atoms with van der Waals surface area (Å²) in [5.41, 5.74) is 3.72. The minimum Gasteiger partial charge on any atom is -0.350 e. The Balaban J connectivity index is 1.57. The number of hydrogen-bond donors (Lipinski definition) is 1. The Kier molecular flexibility index (Phi) is 8.09. The molecule has 1 fully saturated rings. The monoisotopic (exact) mass is 443 g/mol. The maximum absolute atomic E-state index is 12.6. The van der Waals surface area contributed by atoms with E-state index in [2.05, 4.69) is 22.3 Å². The van der Waals surface area contributed by atoms with Crippen molar-refractivity contribution < 1.29 is 13.2 Å². The number of likely N-dealkylation sites (tertiary alicyclic amines) is 1. The Bertz CT molecular complexity index is 968. The highest BCUT2D eigenvalue weighted by atomic mass is 32.2. The molecule has 3 rings (SSSR count). The molecule has 1 N–H and O–H groups in total. The summed E-state index contributed by atoms with van der Waals surface area (Å²) in [6.07, 6.45) is 5.70. The van der Waals surface area contributed by atoms with Crippen molar-refractivity contribution in [3.05, 3.63) is 65.2 Å². The molecule has 0 aliphatic carbocycles. The van der Waals surface area contributed by atoms with Crippen molar-refractivity contribution in [1.29, 1.82) is 0 Å². The molecule has 1 saturated heterocycles. The van der Waals surface area contributed by atoms with Crippen LogP contribution in [0.5, 0.6) is 0 Å². The van der Waals surface area contributed by atoms with Crippen LogP contribution >= 0.6 is 0 Å². The fraction of sp³-hybridized carbons (Fsp3) is 0.458. The number of hydrogen-bond acceptors (Lipinski definition) is 4. The fourth-order valence-electron chi connectivity index (χ4n) is 3.96. The van der Waals surface area contributed by atoms with Gasteiger partial charge in [0.15, 0.2) is 0 Å². The summed E-state index contributed by atoms with van der Waals surface area (Å²) in [4.78, 5) is 15.0. The molecular weight excluding hydrogens is 410 g/mol. The van der Waals surface area contributed by atoms with Crippen molar-refractivity contribution in [1.82, 2.24) is 10.2 Å². The van der Waals surface area contributed by atoms with E-state index in [4.69, 9.17) is 0 Å². The number of aryl methyl sites for hydroxylation is 1. The molecule has 0 bridgehead atoms. The van der Waals surface area contributed by atoms with Crippen LogP contribution in [0.4, 0.5) is 5.69 Å². The van der Waals surface area contributed by atoms with Crippen molar-refractivity contribution in [2.45, 2.75) is 45.7 Å². The Morgan fingerprint density at radius 2 is 1.65 bits per heavy atom. The van der Waals surface area contributed by atoms with E-state index >= 15 is 0 Å². The predicted molar refractivity (Wildman–Crippen MR) is 125 cm³/mol. The van der Waals surface area contributed by atoms with Gasteiger partial charge in [-0.25, -0.2) is 8.42 Å². The Labute approximate surface area is 186 Å². The summed E-state index contributed by atoms with van der Waals surface area (Å²) >= 11 is 0. The minimum atomic E-state index is -3.58. The van der Waals surface area contributed by atoms with E-state index in [1.807, 2.05) is 31.2 Å². The van der Waals surface area contributed by atoms with Crippen LogP contribution in [0.1, 0.15) is 42.9 Å². The van der Waals surface area contributed by atoms with Gasteiger partial charge in [-0.2, -0.15) is 0 Å². The van der Waals surface area contributed by atoms with Gasteiger partial charge in [0.25, 0.3) is 0 Å². The lowest BCUT2D eigenvalue weighted by atomic mass is 10.1. The van der Waals surface area contributed by atoms with Crippen molar-refractivity contribution in [2.24, 2.45) is 0 Å². The van der Waals surface area contributed by atoms with Crippen LogP contribution in [-0.4, -0.2) is 45.1 Å². The van der Waals surface area contributed by atoms with Gasteiger partial charge in [-0.3, -0.25) is 14.0 Å². The number of anilines is 1. The van der Waals surface area contributed by atoms with Gasteiger partial charge in [0.05, 0.1) is 11.9 Å². The molecule has 168 valence electrons. The van der Waals surface area contributed by atoms with Gasteiger partial charge in [-0.15, -0.1) is 0 Å². The second kappa shape index (κ2) is 10.8. The second-order valence-electron chi connectivity index (χ2n) is 8.18. The maximum Gasteiger partial charge on any atom is 0.241 e. The molecule has 0 atom stereocenters. The van der Waals surface area contributed by atoms with Gasteiger partial charge in [0.2, 0.25) is 15.9 Å². The molecule has 1 amide bonds. The predicted octanol–water partition coefficient (Wildman–Crippen LogP) is 3.32. The number of nitrogens with one attached hydrogen (secondary N) is 1. The third kappa shape index (κ3) is 6.80. The van der Waals surface area contributed by atoms with E-state index < -0.39 is 10.0 Å². The third-order valence-corrected chi connectivity index (χ3v) is 6.82. The first-order chi connectivity index (χ1) is 14.9. The maximum atomic E-state index is 12.6. The molecule has 1 aliphatic heterocycles. The summed E-state index contributed by atoms with van der Waals surface area (Å²) in [5, 5.41) is 2.85. The molecule has 0 radical (unpaired) electrons. The minimum absolute atomic E-state index is 0.233. The van der Waals surface area contributed by atoms with Gasteiger partial charge in [-0.05, 0) is 55.1 Å². The van der Waals surface area contributed by atoms with Crippen LogP contribution in [0.2, 0.25) is 0 Å². The number of piperidine rings is 1. The molecule has 1 heterocycles. The lowest BCUT2D eigenvalue weighted by Gasteiger charge is -2.26. The number of benzene rings is 2. The van der Waals surface area contributed by atoms with Gasteiger partial charge >= 0.3 is 0 Å². The average Bonchev–Trinajstić information content (AvgIpc) is 2.77. The number of carbonyl (C=O) groups is 1. The molecule has 0 unspecified atom stereocenters. The van der Waals surface area contributed by atoms with Crippen LogP contribution in [-0.2, 0) is 34.3 Å². The van der Waals surface area contributed by atoms with E-state index in [9.17, 15) is 13.2 Å². The first-order valence-electron chi connectivity index (χ1n) is 11.0. The van der Waals surface area contributed by atoms with Crippen LogP contribution in [0.25, 0.3) is 0 Å². The lowest BCUT2D eigenvalue weighted by Crippen LogP contribution is -2.40. The van der Waals surface area contributed by atoms with Crippen molar-refractivity contribution in [2.75, 3.05) is 30.2 Å². The molecule has 1 aliphatic rings. The summed E-state index contributed by atoms with van der Waals surface area (Å²) in [6, 6.07) is 15.6. The average molecular weight is 444 g/mol. The van der Waals surface area contributed by atoms with Gasteiger partial charge in [0.1, 0.15) is 6.54 Å². The molecule has 0 saturated carbocycles. The number of amides is 1. The molecule has 0 spiro atoms. The van der Waals surface area contributed by atoms with Crippen LogP contribution in [0.15, 0.2) is 48.5 Å². The van der Waals surface area contributed by atoms with Crippen molar-refractivity contribution >= 4 is 21.6 Å². The number of nitrogens with zero attached hydrogens (tertiary/aromatic N) is 2. The third-order valence-electron chi connectivity index (χ3n) is 5.70. The molecule has 2 aromatic carbocycles. The van der Waals surface area contributed by atoms with E-state index in [1.54, 1.807) is 12.1 Å². The number of para-hydroxylation sites is 1. The largest absolute Gasteiger partial charge is 0.350 e. The second-order valence-corrected chi connectivity index (χ2v) is 10.1. The van der Waals surface area contributed by atoms with Crippen LogP contribution < -0.4 is 9.62 Å². The molecule has 2 aromatic rings. The number of rotatable bonds is 9. The molecule has 0 aromatic heterocycles. The zero-order valence-electron chi connectivity index (χ0n) is 18.5. The van der Waals surface area contributed by atoms with E-state index in [-0.39, 0.29) is 12.5 Å². The number of sulfonamides is 1. The van der Waals surface area contributed by atoms with E-state index in [1.165, 1.54) is 29.1 Å². The first kappa shape index (κ1) is 23.3. The lowest BCUT2D eigenvalue weighted by molar-refractivity contribution is -0.119. The molecule has 7 heteroatoms. The zero-order valence-corrected chi connectivity index (χ0v) is 19.3. The standard InChI is InChI=1S/C24H33N3O3S/c1-3-22-9-5-6-10-23(22)27(31(2,29)30)19-24(28)25-17-20-11-13-21(14-12-20)18-26-15-7-4-8-16-26/h5-6,9-14H,3-4,7-8,15-19H2,1-2H3,(H,25,28). The highest BCUT2D eigenvalue weighted by Gasteiger charge is 2.22. The number of carbonyl (C=O) groups excluding carboxylic acids is 1. The smallest absolute Gasteiger partial charge is 0.241 e. The summed E-state index contributed by atoms with van der Waals surface area (Å²) < 4.78 is 25.9. The van der Waals surface area contributed by atoms with E-state index in [0.29, 0.717) is 18.7 Å². The molecular formula is C24H33N3O3S. The summed E-state index contributed by atoms with van der Waals surface area (Å²) in [7, 11) is -3.58. The van der Waals surface area contributed by atoms with Gasteiger partial charge in [-0.1, -0.05) is 55.8 Å². The fourth-order valence-corrected chi connectivity index (χ4v) is 4.85. The summed E-state index contributed by atoms with van der Waals surface area (Å²) in [5.74, 6) is -0.325. The van der Waals surface area contributed by atoms with Crippen molar-refractivity contribution in [3.8, 4) is 0 Å². The SMILES string of the molecule is CCc1ccccc1N(CC(=O)NCc1ccc(CN2CCCCC2)cc1)S(C)(=O)=O. The van der Waals surface area contributed by atoms with Crippen molar-refractivity contribution in [3.63, 3.8) is 0 Å². The molecule has 6 nitrogen and oxygen atoms in total. The Morgan fingerprint density at radius 1 is 1.00 bits per heavy atom. The normalized spacial score (nSPS) is 14.9. The van der Waals surface area contributed by atoms with Gasteiger partial charge in [0, 0.05) is 13.1 Å².